The van der Waals surface area contributed by atoms with Crippen molar-refractivity contribution in [2.75, 3.05) is 0 Å². The molecule has 0 amide bonds. The lowest BCUT2D eigenvalue weighted by atomic mass is 10.2. The number of hydrogen-bond acceptors (Lipinski definition) is 3. The van der Waals surface area contributed by atoms with E-state index in [9.17, 15) is 5.11 Å². The molecule has 0 saturated carbocycles. The minimum atomic E-state index is -0.477. The molecule has 1 aromatic heterocycles. The van der Waals surface area contributed by atoms with E-state index in [0.717, 1.165) is 11.3 Å². The molecule has 2 rings (SSSR count). The van der Waals surface area contributed by atoms with Crippen molar-refractivity contribution in [2.45, 2.75) is 5.88 Å². The Bertz CT molecular complexity index is 442. The van der Waals surface area contributed by atoms with Gasteiger partial charge in [-0.05, 0) is 4.68 Å². The Hall–Kier alpha value is -1.55. The molecule has 0 spiro atoms. The topological polar surface area (TPSA) is 53.0 Å². The zero-order valence-corrected chi connectivity index (χ0v) is 7.94. The molecule has 0 unspecified atom stereocenters. The van der Waals surface area contributed by atoms with Crippen molar-refractivity contribution in [3.05, 3.63) is 36.0 Å². The van der Waals surface area contributed by atoms with Crippen LogP contribution < -0.4 is 9.79 Å². The number of aromatic nitrogens is 2. The Labute approximate surface area is 85.3 Å². The van der Waals surface area contributed by atoms with Gasteiger partial charge in [0.1, 0.15) is 5.95 Å². The predicted octanol–water partition coefficient (Wildman–Crippen LogP) is 0.764. The van der Waals surface area contributed by atoms with Crippen LogP contribution in [0.25, 0.3) is 5.69 Å². The molecular formula is C9H7ClN2O2. The first-order valence-corrected chi connectivity index (χ1v) is 4.54. The number of alkyl halides is 1. The average molecular weight is 211 g/mol. The van der Waals surface area contributed by atoms with E-state index in [1.165, 1.54) is 10.9 Å². The summed E-state index contributed by atoms with van der Waals surface area (Å²) in [5.41, 5.74) is 1.65. The highest BCUT2D eigenvalue weighted by Gasteiger charge is 2.13. The quantitative estimate of drug-likeness (QED) is 0.543. The number of hydrogen-bond donors (Lipinski definition) is 0. The Kier molecular flexibility index (Phi) is 2.37. The summed E-state index contributed by atoms with van der Waals surface area (Å²) in [5.74, 6) is -0.112. The molecule has 0 N–H and O–H groups in total. The third-order valence-electron chi connectivity index (χ3n) is 1.83. The monoisotopic (exact) mass is 210 g/mol. The van der Waals surface area contributed by atoms with Gasteiger partial charge in [-0.25, -0.2) is 0 Å². The summed E-state index contributed by atoms with van der Waals surface area (Å²) in [7, 11) is 0. The number of nitrogens with zero attached hydrogens (tertiary/aromatic N) is 2. The second-order valence-electron chi connectivity index (χ2n) is 2.73. The molecule has 0 aliphatic carbocycles. The Morgan fingerprint density at radius 2 is 2.21 bits per heavy atom. The summed E-state index contributed by atoms with van der Waals surface area (Å²) in [6, 6.07) is 7.41. The first kappa shape index (κ1) is 9.02. The van der Waals surface area contributed by atoms with Gasteiger partial charge in [-0.3, -0.25) is 0 Å². The van der Waals surface area contributed by atoms with E-state index in [4.69, 9.17) is 11.6 Å². The molecule has 5 heteroatoms. The molecule has 72 valence electrons. The van der Waals surface area contributed by atoms with E-state index in [0.29, 0.717) is 5.88 Å². The lowest BCUT2D eigenvalue weighted by Gasteiger charge is -1.95. The largest absolute Gasteiger partial charge is 0.539 e. The molecule has 14 heavy (non-hydrogen) atoms. The second kappa shape index (κ2) is 3.67. The van der Waals surface area contributed by atoms with Gasteiger partial charge >= 0.3 is 0 Å². The van der Waals surface area contributed by atoms with Crippen LogP contribution in [0.15, 0.2) is 35.0 Å². The lowest BCUT2D eigenvalue weighted by Crippen LogP contribution is -2.32. The standard InChI is InChI=1S/C9H7ClN2O2/c10-5-7-3-1-2-4-8(7)12-6-9(13)14-11-12/h1-4,6H,5H2. The van der Waals surface area contributed by atoms with Crippen LogP contribution in [-0.2, 0) is 5.88 Å². The van der Waals surface area contributed by atoms with E-state index in [-0.39, 0.29) is 0 Å². The molecule has 0 aliphatic rings. The van der Waals surface area contributed by atoms with Crippen molar-refractivity contribution < 1.29 is 14.3 Å². The van der Waals surface area contributed by atoms with Crippen molar-refractivity contribution in [1.29, 1.82) is 0 Å². The number of rotatable bonds is 2. The van der Waals surface area contributed by atoms with Crippen molar-refractivity contribution >= 4 is 11.6 Å². The predicted molar refractivity (Wildman–Crippen MR) is 47.0 cm³/mol. The molecule has 1 heterocycles. The molecule has 0 radical (unpaired) electrons. The highest BCUT2D eigenvalue weighted by atomic mass is 35.5. The van der Waals surface area contributed by atoms with E-state index in [2.05, 4.69) is 9.79 Å². The van der Waals surface area contributed by atoms with Crippen LogP contribution in [0, 0.1) is 0 Å². The number of para-hydroxylation sites is 1. The van der Waals surface area contributed by atoms with Gasteiger partial charge in [0.2, 0.25) is 11.9 Å². The summed E-state index contributed by atoms with van der Waals surface area (Å²) >= 11 is 5.74. The van der Waals surface area contributed by atoms with Crippen LogP contribution in [0.4, 0.5) is 0 Å². The van der Waals surface area contributed by atoms with Gasteiger partial charge in [0.15, 0.2) is 0 Å². The van der Waals surface area contributed by atoms with Gasteiger partial charge in [-0.2, -0.15) is 0 Å². The van der Waals surface area contributed by atoms with E-state index < -0.39 is 5.95 Å². The van der Waals surface area contributed by atoms with Crippen LogP contribution in [0.1, 0.15) is 5.56 Å². The van der Waals surface area contributed by atoms with Gasteiger partial charge in [0.05, 0.1) is 11.2 Å². The molecule has 2 aromatic rings. The fourth-order valence-electron chi connectivity index (χ4n) is 1.19. The second-order valence-corrected chi connectivity index (χ2v) is 3.00. The third kappa shape index (κ3) is 1.56. The summed E-state index contributed by atoms with van der Waals surface area (Å²) in [4.78, 5) is 0. The van der Waals surface area contributed by atoms with Crippen LogP contribution >= 0.6 is 11.6 Å². The zero-order chi connectivity index (χ0) is 9.97. The fraction of sp³-hybridized carbons (Fsp3) is 0.111. The van der Waals surface area contributed by atoms with E-state index >= 15 is 0 Å². The van der Waals surface area contributed by atoms with Crippen molar-refractivity contribution in [3.8, 4) is 11.6 Å². The highest BCUT2D eigenvalue weighted by Crippen LogP contribution is 2.11. The first-order chi connectivity index (χ1) is 6.81. The smallest absolute Gasteiger partial charge is 0.243 e. The molecule has 0 saturated heterocycles. The van der Waals surface area contributed by atoms with Crippen molar-refractivity contribution in [1.82, 2.24) is 5.27 Å². The molecule has 4 nitrogen and oxygen atoms in total. The van der Waals surface area contributed by atoms with E-state index in [1.807, 2.05) is 24.3 Å². The van der Waals surface area contributed by atoms with Crippen LogP contribution in [0.2, 0.25) is 0 Å². The average Bonchev–Trinajstić information content (AvgIpc) is 2.65. The maximum Gasteiger partial charge on any atom is 0.243 e. The van der Waals surface area contributed by atoms with E-state index in [1.54, 1.807) is 0 Å². The van der Waals surface area contributed by atoms with Crippen LogP contribution in [0.5, 0.6) is 5.95 Å². The van der Waals surface area contributed by atoms with Crippen LogP contribution in [-0.4, -0.2) is 5.27 Å². The van der Waals surface area contributed by atoms with Gasteiger partial charge in [-0.1, -0.05) is 18.2 Å². The van der Waals surface area contributed by atoms with Gasteiger partial charge < -0.3 is 9.63 Å². The molecular weight excluding hydrogens is 204 g/mol. The molecule has 0 fully saturated rings. The Morgan fingerprint density at radius 3 is 2.86 bits per heavy atom. The fourth-order valence-corrected chi connectivity index (χ4v) is 1.42. The van der Waals surface area contributed by atoms with Gasteiger partial charge in [0, 0.05) is 11.6 Å². The maximum atomic E-state index is 10.8. The molecule has 0 atom stereocenters. The molecule has 0 bridgehead atoms. The minimum absolute atomic E-state index is 0.365. The van der Waals surface area contributed by atoms with Crippen molar-refractivity contribution in [2.24, 2.45) is 0 Å². The lowest BCUT2D eigenvalue weighted by molar-refractivity contribution is -0.670. The summed E-state index contributed by atoms with van der Waals surface area (Å²) in [6.45, 7) is 0. The third-order valence-corrected chi connectivity index (χ3v) is 2.12. The Balaban J connectivity index is 2.50. The highest BCUT2D eigenvalue weighted by molar-refractivity contribution is 6.17. The Morgan fingerprint density at radius 1 is 1.43 bits per heavy atom. The zero-order valence-electron chi connectivity index (χ0n) is 7.18. The minimum Gasteiger partial charge on any atom is -0.539 e. The van der Waals surface area contributed by atoms with Gasteiger partial charge in [-0.15, -0.1) is 11.6 Å². The summed E-state index contributed by atoms with van der Waals surface area (Å²) < 4.78 is 5.81. The maximum absolute atomic E-state index is 10.8. The van der Waals surface area contributed by atoms with Crippen LogP contribution in [0.3, 0.4) is 0 Å². The van der Waals surface area contributed by atoms with Crippen molar-refractivity contribution in [3.63, 3.8) is 0 Å². The number of halogens is 1. The number of benzene rings is 1. The van der Waals surface area contributed by atoms with Gasteiger partial charge in [0.25, 0.3) is 0 Å². The summed E-state index contributed by atoms with van der Waals surface area (Å²) in [5, 5.41) is 14.3. The SMILES string of the molecule is [O-]c1c[n+](-c2ccccc2CCl)no1. The first-order valence-electron chi connectivity index (χ1n) is 4.01. The molecule has 1 aromatic carbocycles. The summed E-state index contributed by atoms with van der Waals surface area (Å²) in [6.07, 6.45) is 1.27. The molecule has 0 aliphatic heterocycles. The normalized spacial score (nSPS) is 10.4.